The number of aromatic nitrogens is 1. The maximum atomic E-state index is 11.5. The third kappa shape index (κ3) is 3.01. The molecule has 0 fully saturated rings. The summed E-state index contributed by atoms with van der Waals surface area (Å²) in [5, 5.41) is 0. The Kier molecular flexibility index (Phi) is 4.00. The molecule has 2 aromatic rings. The number of halogens is 1. The molecular weight excluding hydrogens is 306 g/mol. The number of ketones is 1. The predicted molar refractivity (Wildman–Crippen MR) is 77.9 cm³/mol. The standard InChI is InChI=1S/C15H14BrNO2/c1-9-7-12(8-10(2)14(9)16)19-15-13(11(3)18)5-4-6-17-15/h4-8H,1-3H3. The molecule has 1 aromatic heterocycles. The first-order chi connectivity index (χ1) is 8.99. The van der Waals surface area contributed by atoms with Gasteiger partial charge in [-0.1, -0.05) is 15.9 Å². The van der Waals surface area contributed by atoms with E-state index in [1.165, 1.54) is 6.92 Å². The van der Waals surface area contributed by atoms with E-state index in [4.69, 9.17) is 4.74 Å². The minimum atomic E-state index is -0.0614. The van der Waals surface area contributed by atoms with Gasteiger partial charge in [-0.15, -0.1) is 0 Å². The van der Waals surface area contributed by atoms with E-state index in [0.29, 0.717) is 17.2 Å². The number of hydrogen-bond donors (Lipinski definition) is 0. The maximum absolute atomic E-state index is 11.5. The number of carbonyl (C=O) groups excluding carboxylic acids is 1. The predicted octanol–water partition coefficient (Wildman–Crippen LogP) is 4.46. The van der Waals surface area contributed by atoms with Gasteiger partial charge < -0.3 is 4.74 Å². The topological polar surface area (TPSA) is 39.2 Å². The lowest BCUT2D eigenvalue weighted by Gasteiger charge is -2.10. The lowest BCUT2D eigenvalue weighted by atomic mass is 10.1. The number of rotatable bonds is 3. The fourth-order valence-corrected chi connectivity index (χ4v) is 2.05. The van der Waals surface area contributed by atoms with Crippen LogP contribution >= 0.6 is 15.9 Å². The number of pyridine rings is 1. The van der Waals surface area contributed by atoms with E-state index in [1.54, 1.807) is 18.3 Å². The number of hydrogen-bond acceptors (Lipinski definition) is 3. The Hall–Kier alpha value is -1.68. The van der Waals surface area contributed by atoms with Crippen LogP contribution in [0.5, 0.6) is 11.6 Å². The first-order valence-corrected chi connectivity index (χ1v) is 6.69. The zero-order chi connectivity index (χ0) is 14.0. The highest BCUT2D eigenvalue weighted by Crippen LogP contribution is 2.30. The van der Waals surface area contributed by atoms with Crippen LogP contribution in [-0.2, 0) is 0 Å². The van der Waals surface area contributed by atoms with Gasteiger partial charge in [0.2, 0.25) is 5.88 Å². The Balaban J connectivity index is 2.39. The number of benzene rings is 1. The third-order valence-corrected chi connectivity index (χ3v) is 4.03. The molecular formula is C15H14BrNO2. The molecule has 0 aliphatic rings. The van der Waals surface area contributed by atoms with Crippen molar-refractivity contribution in [2.75, 3.05) is 0 Å². The van der Waals surface area contributed by atoms with Gasteiger partial charge in [0.25, 0.3) is 0 Å². The quantitative estimate of drug-likeness (QED) is 0.784. The molecule has 3 nitrogen and oxygen atoms in total. The van der Waals surface area contributed by atoms with Gasteiger partial charge in [-0.25, -0.2) is 4.98 Å². The summed E-state index contributed by atoms with van der Waals surface area (Å²) in [4.78, 5) is 15.6. The molecule has 0 atom stereocenters. The molecule has 0 radical (unpaired) electrons. The van der Waals surface area contributed by atoms with E-state index in [9.17, 15) is 4.79 Å². The van der Waals surface area contributed by atoms with Crippen LogP contribution in [-0.4, -0.2) is 10.8 Å². The second kappa shape index (κ2) is 5.53. The molecule has 98 valence electrons. The largest absolute Gasteiger partial charge is 0.438 e. The second-order valence-electron chi connectivity index (χ2n) is 4.39. The third-order valence-electron chi connectivity index (χ3n) is 2.77. The number of aryl methyl sites for hydroxylation is 2. The molecule has 0 saturated carbocycles. The summed E-state index contributed by atoms with van der Waals surface area (Å²) in [7, 11) is 0. The Labute approximate surface area is 120 Å². The molecule has 19 heavy (non-hydrogen) atoms. The Morgan fingerprint density at radius 3 is 2.47 bits per heavy atom. The molecule has 0 amide bonds. The highest BCUT2D eigenvalue weighted by molar-refractivity contribution is 9.10. The summed E-state index contributed by atoms with van der Waals surface area (Å²) in [6.07, 6.45) is 1.61. The summed E-state index contributed by atoms with van der Waals surface area (Å²) in [6, 6.07) is 7.26. The normalized spacial score (nSPS) is 10.3. The fourth-order valence-electron chi connectivity index (χ4n) is 1.82. The Bertz CT molecular complexity index is 615. The highest BCUT2D eigenvalue weighted by atomic mass is 79.9. The molecule has 1 aromatic carbocycles. The molecule has 2 rings (SSSR count). The van der Waals surface area contributed by atoms with Gasteiger partial charge in [-0.2, -0.15) is 0 Å². The molecule has 0 saturated heterocycles. The molecule has 0 aliphatic carbocycles. The van der Waals surface area contributed by atoms with Crippen LogP contribution in [0.3, 0.4) is 0 Å². The first-order valence-electron chi connectivity index (χ1n) is 5.89. The number of Topliss-reactive ketones (excluding diaryl/α,β-unsaturated/α-hetero) is 1. The van der Waals surface area contributed by atoms with Gasteiger partial charge in [-0.05, 0) is 56.2 Å². The van der Waals surface area contributed by atoms with E-state index in [2.05, 4.69) is 20.9 Å². The van der Waals surface area contributed by atoms with Crippen molar-refractivity contribution in [2.45, 2.75) is 20.8 Å². The molecule has 0 bridgehead atoms. The van der Waals surface area contributed by atoms with Gasteiger partial charge in [0, 0.05) is 10.7 Å². The van der Waals surface area contributed by atoms with Crippen molar-refractivity contribution in [3.63, 3.8) is 0 Å². The van der Waals surface area contributed by atoms with Crippen LogP contribution in [0, 0.1) is 13.8 Å². The average molecular weight is 320 g/mol. The molecule has 0 spiro atoms. The number of ether oxygens (including phenoxy) is 1. The highest BCUT2D eigenvalue weighted by Gasteiger charge is 2.11. The van der Waals surface area contributed by atoms with Crippen molar-refractivity contribution in [1.29, 1.82) is 0 Å². The summed E-state index contributed by atoms with van der Waals surface area (Å²) >= 11 is 3.51. The van der Waals surface area contributed by atoms with Crippen LogP contribution in [0.2, 0.25) is 0 Å². The van der Waals surface area contributed by atoms with Crippen molar-refractivity contribution in [3.8, 4) is 11.6 Å². The minimum absolute atomic E-state index is 0.0614. The fraction of sp³-hybridized carbons (Fsp3) is 0.200. The molecule has 0 N–H and O–H groups in total. The minimum Gasteiger partial charge on any atom is -0.438 e. The van der Waals surface area contributed by atoms with Gasteiger partial charge >= 0.3 is 0 Å². The molecule has 4 heteroatoms. The number of nitrogens with zero attached hydrogens (tertiary/aromatic N) is 1. The van der Waals surface area contributed by atoms with Crippen LogP contribution in [0.4, 0.5) is 0 Å². The zero-order valence-corrected chi connectivity index (χ0v) is 12.6. The Morgan fingerprint density at radius 2 is 1.89 bits per heavy atom. The van der Waals surface area contributed by atoms with E-state index >= 15 is 0 Å². The van der Waals surface area contributed by atoms with Crippen LogP contribution in [0.15, 0.2) is 34.9 Å². The summed E-state index contributed by atoms with van der Waals surface area (Å²) in [6.45, 7) is 5.49. The monoisotopic (exact) mass is 319 g/mol. The summed E-state index contributed by atoms with van der Waals surface area (Å²) in [5.41, 5.74) is 2.64. The summed E-state index contributed by atoms with van der Waals surface area (Å²) in [5.74, 6) is 0.962. The maximum Gasteiger partial charge on any atom is 0.230 e. The molecule has 0 aliphatic heterocycles. The number of carbonyl (C=O) groups is 1. The van der Waals surface area contributed by atoms with Crippen molar-refractivity contribution in [2.24, 2.45) is 0 Å². The average Bonchev–Trinajstić information content (AvgIpc) is 2.36. The van der Waals surface area contributed by atoms with Gasteiger partial charge in [0.1, 0.15) is 5.75 Å². The van der Waals surface area contributed by atoms with Crippen molar-refractivity contribution < 1.29 is 9.53 Å². The zero-order valence-electron chi connectivity index (χ0n) is 11.0. The van der Waals surface area contributed by atoms with Crippen molar-refractivity contribution >= 4 is 21.7 Å². The smallest absolute Gasteiger partial charge is 0.230 e. The second-order valence-corrected chi connectivity index (χ2v) is 5.18. The Morgan fingerprint density at radius 1 is 1.26 bits per heavy atom. The van der Waals surface area contributed by atoms with Crippen LogP contribution in [0.25, 0.3) is 0 Å². The van der Waals surface area contributed by atoms with E-state index < -0.39 is 0 Å². The molecule has 0 unspecified atom stereocenters. The van der Waals surface area contributed by atoms with Gasteiger partial charge in [0.15, 0.2) is 5.78 Å². The summed E-state index contributed by atoms with van der Waals surface area (Å²) < 4.78 is 6.80. The SMILES string of the molecule is CC(=O)c1cccnc1Oc1cc(C)c(Br)c(C)c1. The first kappa shape index (κ1) is 13.7. The van der Waals surface area contributed by atoms with E-state index in [-0.39, 0.29) is 5.78 Å². The van der Waals surface area contributed by atoms with E-state index in [0.717, 1.165) is 15.6 Å². The van der Waals surface area contributed by atoms with Crippen LogP contribution in [0.1, 0.15) is 28.4 Å². The van der Waals surface area contributed by atoms with Crippen molar-refractivity contribution in [3.05, 3.63) is 51.6 Å². The van der Waals surface area contributed by atoms with Gasteiger partial charge in [-0.3, -0.25) is 4.79 Å². The van der Waals surface area contributed by atoms with Crippen molar-refractivity contribution in [1.82, 2.24) is 4.98 Å². The molecule has 1 heterocycles. The lowest BCUT2D eigenvalue weighted by molar-refractivity contribution is 0.101. The van der Waals surface area contributed by atoms with E-state index in [1.807, 2.05) is 26.0 Å². The lowest BCUT2D eigenvalue weighted by Crippen LogP contribution is -1.99. The van der Waals surface area contributed by atoms with Crippen LogP contribution < -0.4 is 4.74 Å². The van der Waals surface area contributed by atoms with Gasteiger partial charge in [0.05, 0.1) is 5.56 Å².